The van der Waals surface area contributed by atoms with E-state index < -0.39 is 0 Å². The summed E-state index contributed by atoms with van der Waals surface area (Å²) in [6.07, 6.45) is 1.04. The maximum Gasteiger partial charge on any atom is 0.258 e. The van der Waals surface area contributed by atoms with Gasteiger partial charge < -0.3 is 14.6 Å². The number of furan rings is 1. The lowest BCUT2D eigenvalue weighted by Gasteiger charge is -2.17. The fourth-order valence-electron chi connectivity index (χ4n) is 3.82. The third-order valence-corrected chi connectivity index (χ3v) is 6.30. The van der Waals surface area contributed by atoms with Crippen LogP contribution in [0.4, 0.5) is 11.4 Å². The number of hydrogen-bond acceptors (Lipinski definition) is 5. The highest BCUT2D eigenvalue weighted by Crippen LogP contribution is 2.29. The van der Waals surface area contributed by atoms with Gasteiger partial charge in [-0.2, -0.15) is 0 Å². The van der Waals surface area contributed by atoms with Gasteiger partial charge in [0.05, 0.1) is 12.1 Å². The molecule has 3 heterocycles. The number of benzene rings is 2. The number of nitrogens with one attached hydrogen (secondary N) is 1. The minimum Gasteiger partial charge on any atom is -0.459 e. The first-order valence-corrected chi connectivity index (χ1v) is 11.3. The van der Waals surface area contributed by atoms with Crippen molar-refractivity contribution in [3.8, 4) is 10.8 Å². The third-order valence-electron chi connectivity index (χ3n) is 5.39. The van der Waals surface area contributed by atoms with E-state index in [2.05, 4.69) is 16.4 Å². The number of amides is 2. The normalized spacial score (nSPS) is 12.6. The standard InChI is InChI=1S/C25H21N3O3S/c1-16-6-11-22(31-16)24-27-20(15-32-24)14-23(29)26-19-9-7-18(8-10-19)25(30)28-13-12-17-4-2-3-5-21(17)28/h2-11,15H,12-14H2,1H3,(H,26,29). The molecule has 4 aromatic rings. The Labute approximate surface area is 189 Å². The van der Waals surface area contributed by atoms with Gasteiger partial charge in [0.1, 0.15) is 5.76 Å². The number of anilines is 2. The van der Waals surface area contributed by atoms with Crippen molar-refractivity contribution in [1.82, 2.24) is 4.98 Å². The summed E-state index contributed by atoms with van der Waals surface area (Å²) in [6.45, 7) is 2.57. The zero-order valence-electron chi connectivity index (χ0n) is 17.5. The largest absolute Gasteiger partial charge is 0.459 e. The van der Waals surface area contributed by atoms with Crippen LogP contribution < -0.4 is 10.2 Å². The number of carbonyl (C=O) groups excluding carboxylic acids is 2. The molecule has 32 heavy (non-hydrogen) atoms. The average molecular weight is 444 g/mol. The molecule has 0 saturated heterocycles. The van der Waals surface area contributed by atoms with E-state index in [1.165, 1.54) is 16.9 Å². The number of rotatable bonds is 5. The summed E-state index contributed by atoms with van der Waals surface area (Å²) < 4.78 is 5.59. The molecule has 160 valence electrons. The Hall–Kier alpha value is -3.71. The maximum absolute atomic E-state index is 12.9. The van der Waals surface area contributed by atoms with Crippen LogP contribution in [0.5, 0.6) is 0 Å². The fourth-order valence-corrected chi connectivity index (χ4v) is 4.60. The number of nitrogens with zero attached hydrogens (tertiary/aromatic N) is 2. The molecule has 2 aromatic carbocycles. The molecule has 0 radical (unpaired) electrons. The van der Waals surface area contributed by atoms with Crippen LogP contribution in [0.2, 0.25) is 0 Å². The summed E-state index contributed by atoms with van der Waals surface area (Å²) in [5.74, 6) is 1.34. The second-order valence-electron chi connectivity index (χ2n) is 7.69. The molecule has 1 aliphatic heterocycles. The quantitative estimate of drug-likeness (QED) is 0.466. The van der Waals surface area contributed by atoms with Crippen LogP contribution in [0, 0.1) is 6.92 Å². The number of para-hydroxylation sites is 1. The van der Waals surface area contributed by atoms with E-state index in [1.54, 1.807) is 24.3 Å². The van der Waals surface area contributed by atoms with Crippen LogP contribution in [-0.2, 0) is 17.6 Å². The lowest BCUT2D eigenvalue weighted by atomic mass is 10.1. The molecule has 0 fully saturated rings. The van der Waals surface area contributed by atoms with E-state index in [0.717, 1.165) is 22.9 Å². The van der Waals surface area contributed by atoms with E-state index in [9.17, 15) is 9.59 Å². The Morgan fingerprint density at radius 3 is 2.69 bits per heavy atom. The van der Waals surface area contributed by atoms with Crippen LogP contribution in [-0.4, -0.2) is 23.3 Å². The number of fused-ring (bicyclic) bond motifs is 1. The van der Waals surface area contributed by atoms with Gasteiger partial charge in [-0.25, -0.2) is 4.98 Å². The number of hydrogen-bond donors (Lipinski definition) is 1. The molecule has 2 aromatic heterocycles. The van der Waals surface area contributed by atoms with Crippen molar-refractivity contribution in [2.45, 2.75) is 19.8 Å². The lowest BCUT2D eigenvalue weighted by molar-refractivity contribution is -0.115. The van der Waals surface area contributed by atoms with Crippen molar-refractivity contribution in [2.75, 3.05) is 16.8 Å². The fraction of sp³-hybridized carbons (Fsp3) is 0.160. The van der Waals surface area contributed by atoms with Gasteiger partial charge in [0, 0.05) is 28.9 Å². The van der Waals surface area contributed by atoms with Crippen molar-refractivity contribution in [2.24, 2.45) is 0 Å². The van der Waals surface area contributed by atoms with Crippen molar-refractivity contribution in [3.05, 3.63) is 88.6 Å². The molecule has 5 rings (SSSR count). The van der Waals surface area contributed by atoms with Gasteiger partial charge in [0.2, 0.25) is 5.91 Å². The van der Waals surface area contributed by atoms with E-state index in [1.807, 2.05) is 47.5 Å². The van der Waals surface area contributed by atoms with Crippen molar-refractivity contribution < 1.29 is 14.0 Å². The second kappa shape index (κ2) is 8.43. The van der Waals surface area contributed by atoms with Crippen LogP contribution >= 0.6 is 11.3 Å². The minimum absolute atomic E-state index is 0.0315. The number of thiazole rings is 1. The molecule has 2 amide bonds. The first kappa shape index (κ1) is 20.2. The van der Waals surface area contributed by atoms with Gasteiger partial charge in [0.15, 0.2) is 10.8 Å². The number of carbonyl (C=O) groups is 2. The Bertz CT molecular complexity index is 1290. The van der Waals surface area contributed by atoms with Gasteiger partial charge >= 0.3 is 0 Å². The van der Waals surface area contributed by atoms with Crippen LogP contribution in [0.1, 0.15) is 27.4 Å². The van der Waals surface area contributed by atoms with Crippen molar-refractivity contribution >= 4 is 34.5 Å². The maximum atomic E-state index is 12.9. The lowest BCUT2D eigenvalue weighted by Crippen LogP contribution is -2.28. The first-order chi connectivity index (χ1) is 15.6. The van der Waals surface area contributed by atoms with Crippen molar-refractivity contribution in [1.29, 1.82) is 0 Å². The summed E-state index contributed by atoms with van der Waals surface area (Å²) in [6, 6.07) is 18.8. The van der Waals surface area contributed by atoms with Gasteiger partial charge in [-0.1, -0.05) is 18.2 Å². The van der Waals surface area contributed by atoms with Gasteiger partial charge in [-0.3, -0.25) is 9.59 Å². The van der Waals surface area contributed by atoms with E-state index >= 15 is 0 Å². The van der Waals surface area contributed by atoms with E-state index in [-0.39, 0.29) is 18.2 Å². The summed E-state index contributed by atoms with van der Waals surface area (Å²) in [5, 5.41) is 5.49. The number of aromatic nitrogens is 1. The first-order valence-electron chi connectivity index (χ1n) is 10.4. The number of aryl methyl sites for hydroxylation is 1. The zero-order valence-corrected chi connectivity index (χ0v) is 18.3. The molecule has 7 heteroatoms. The second-order valence-corrected chi connectivity index (χ2v) is 8.55. The molecule has 1 N–H and O–H groups in total. The third kappa shape index (κ3) is 4.07. The molecule has 0 unspecified atom stereocenters. The Balaban J connectivity index is 1.21. The van der Waals surface area contributed by atoms with Gasteiger partial charge in [0.25, 0.3) is 5.91 Å². The highest BCUT2D eigenvalue weighted by molar-refractivity contribution is 7.13. The van der Waals surface area contributed by atoms with Gasteiger partial charge in [-0.05, 0) is 61.4 Å². The Morgan fingerprint density at radius 1 is 1.09 bits per heavy atom. The Morgan fingerprint density at radius 2 is 1.91 bits per heavy atom. The summed E-state index contributed by atoms with van der Waals surface area (Å²) in [4.78, 5) is 31.7. The summed E-state index contributed by atoms with van der Waals surface area (Å²) in [7, 11) is 0. The monoisotopic (exact) mass is 443 g/mol. The molecule has 0 bridgehead atoms. The molecule has 0 atom stereocenters. The van der Waals surface area contributed by atoms with Crippen LogP contribution in [0.15, 0.2) is 70.5 Å². The van der Waals surface area contributed by atoms with E-state index in [4.69, 9.17) is 4.42 Å². The highest BCUT2D eigenvalue weighted by Gasteiger charge is 2.25. The molecule has 0 saturated carbocycles. The molecule has 6 nitrogen and oxygen atoms in total. The van der Waals surface area contributed by atoms with E-state index in [0.29, 0.717) is 29.2 Å². The predicted octanol–water partition coefficient (Wildman–Crippen LogP) is 5.10. The van der Waals surface area contributed by atoms with Gasteiger partial charge in [-0.15, -0.1) is 11.3 Å². The molecule has 0 spiro atoms. The molecular formula is C25H21N3O3S. The molecular weight excluding hydrogens is 422 g/mol. The summed E-state index contributed by atoms with van der Waals surface area (Å²) in [5.41, 5.74) is 4.10. The summed E-state index contributed by atoms with van der Waals surface area (Å²) >= 11 is 1.45. The highest BCUT2D eigenvalue weighted by atomic mass is 32.1. The molecule has 0 aliphatic carbocycles. The topological polar surface area (TPSA) is 75.4 Å². The van der Waals surface area contributed by atoms with Crippen LogP contribution in [0.25, 0.3) is 10.8 Å². The Kier molecular flexibility index (Phi) is 5.33. The zero-order chi connectivity index (χ0) is 22.1. The predicted molar refractivity (Wildman–Crippen MR) is 125 cm³/mol. The average Bonchev–Trinajstić information content (AvgIpc) is 3.53. The van der Waals surface area contributed by atoms with Crippen molar-refractivity contribution in [3.63, 3.8) is 0 Å². The molecule has 1 aliphatic rings. The SMILES string of the molecule is Cc1ccc(-c2nc(CC(=O)Nc3ccc(C(=O)N4CCc5ccccc54)cc3)cs2)o1. The van der Waals surface area contributed by atoms with Crippen LogP contribution in [0.3, 0.4) is 0 Å². The smallest absolute Gasteiger partial charge is 0.258 e. The minimum atomic E-state index is -0.162.